The number of nitrogens with zero attached hydrogens (tertiary/aromatic N) is 4. The van der Waals surface area contributed by atoms with Crippen LogP contribution in [-0.2, 0) is 38.9 Å². The molecule has 8 nitrogen and oxygen atoms in total. The molecule has 0 bridgehead atoms. The quantitative estimate of drug-likeness (QED) is 0.173. The molecular weight excluding hydrogens is 372 g/mol. The number of aromatic nitrogens is 3. The maximum absolute atomic E-state index is 12.5. The van der Waals surface area contributed by atoms with Crippen LogP contribution >= 0.6 is 0 Å². The lowest BCUT2D eigenvalue weighted by Crippen LogP contribution is -2.24. The first-order valence-electron chi connectivity index (χ1n) is 9.09. The summed E-state index contributed by atoms with van der Waals surface area (Å²) in [7, 11) is 1.35. The van der Waals surface area contributed by atoms with E-state index in [1.165, 1.54) is 7.11 Å². The Morgan fingerprint density at radius 3 is 2.48 bits per heavy atom. The van der Waals surface area contributed by atoms with E-state index in [1.54, 1.807) is 10.9 Å². The van der Waals surface area contributed by atoms with Crippen molar-refractivity contribution in [3.63, 3.8) is 0 Å². The average molecular weight is 394 g/mol. The molecule has 0 saturated heterocycles. The fourth-order valence-electron chi connectivity index (χ4n) is 2.64. The van der Waals surface area contributed by atoms with E-state index in [2.05, 4.69) is 25.1 Å². The van der Waals surface area contributed by atoms with Crippen LogP contribution in [0, 0.1) is 0 Å². The van der Waals surface area contributed by atoms with Gasteiger partial charge in [0, 0.05) is 12.6 Å². The number of carbonyl (C=O) groups is 1. The standard InChI is InChI=1S/C21H22N4O4/c1-27-29-16-22-20(21(26)28-15-18-10-6-3-7-11-18)12-19-14-25(24-23-19)13-17-8-4-2-5-9-17/h2-11,14,16,20H,12-13,15H2,1H3/t20-/m0/s1. The van der Waals surface area contributed by atoms with Crippen molar-refractivity contribution in [1.29, 1.82) is 0 Å². The summed E-state index contributed by atoms with van der Waals surface area (Å²) < 4.78 is 7.11. The minimum absolute atomic E-state index is 0.164. The summed E-state index contributed by atoms with van der Waals surface area (Å²) in [4.78, 5) is 25.8. The summed E-state index contributed by atoms with van der Waals surface area (Å²) in [6.45, 7) is 0.755. The third-order valence-corrected chi connectivity index (χ3v) is 4.05. The first-order valence-corrected chi connectivity index (χ1v) is 9.09. The molecule has 0 amide bonds. The Kier molecular flexibility index (Phi) is 7.48. The monoisotopic (exact) mass is 394 g/mol. The highest BCUT2D eigenvalue weighted by Crippen LogP contribution is 2.09. The zero-order valence-electron chi connectivity index (χ0n) is 16.0. The average Bonchev–Trinajstić information content (AvgIpc) is 3.19. The number of hydrogen-bond donors (Lipinski definition) is 0. The highest BCUT2D eigenvalue weighted by atomic mass is 17.2. The van der Waals surface area contributed by atoms with E-state index in [4.69, 9.17) is 4.74 Å². The van der Waals surface area contributed by atoms with Gasteiger partial charge in [-0.25, -0.2) is 14.5 Å². The molecule has 2 aromatic carbocycles. The fraction of sp³-hybridized carbons (Fsp3) is 0.238. The van der Waals surface area contributed by atoms with Crippen LogP contribution in [0.2, 0.25) is 0 Å². The van der Waals surface area contributed by atoms with Crippen molar-refractivity contribution < 1.29 is 19.3 Å². The van der Waals surface area contributed by atoms with Gasteiger partial charge < -0.3 is 9.62 Å². The number of hydrogen-bond acceptors (Lipinski definition) is 7. The minimum atomic E-state index is -0.823. The van der Waals surface area contributed by atoms with Crippen LogP contribution in [-0.4, -0.2) is 40.5 Å². The van der Waals surface area contributed by atoms with Gasteiger partial charge in [-0.1, -0.05) is 65.9 Å². The summed E-state index contributed by atoms with van der Waals surface area (Å²) in [5.74, 6) is -0.484. The Balaban J connectivity index is 1.63. The molecular formula is C21H22N4O4. The number of esters is 1. The van der Waals surface area contributed by atoms with E-state index in [0.717, 1.165) is 17.5 Å². The molecule has 0 fully saturated rings. The number of ether oxygens (including phenoxy) is 1. The lowest BCUT2D eigenvalue weighted by atomic mass is 10.2. The van der Waals surface area contributed by atoms with Crippen LogP contribution in [0.4, 0.5) is 0 Å². The summed E-state index contributed by atoms with van der Waals surface area (Å²) in [5.41, 5.74) is 2.62. The lowest BCUT2D eigenvalue weighted by Gasteiger charge is -2.11. The molecule has 3 aromatic rings. The van der Waals surface area contributed by atoms with Gasteiger partial charge in [0.05, 0.1) is 19.3 Å². The summed E-state index contributed by atoms with van der Waals surface area (Å²) in [6.07, 6.45) is 3.09. The molecule has 0 aliphatic rings. The summed E-state index contributed by atoms with van der Waals surface area (Å²) in [6, 6.07) is 18.5. The predicted octanol–water partition coefficient (Wildman–Crippen LogP) is 2.59. The number of rotatable bonds is 10. The van der Waals surface area contributed by atoms with E-state index in [0.29, 0.717) is 12.2 Å². The number of aliphatic imine (C=N–C) groups is 1. The van der Waals surface area contributed by atoms with E-state index in [-0.39, 0.29) is 13.0 Å². The maximum atomic E-state index is 12.5. The second-order valence-electron chi connectivity index (χ2n) is 6.22. The van der Waals surface area contributed by atoms with E-state index in [1.807, 2.05) is 60.7 Å². The van der Waals surface area contributed by atoms with Gasteiger partial charge in [0.2, 0.25) is 6.40 Å². The first kappa shape index (κ1) is 20.2. The molecule has 0 aliphatic heterocycles. The molecule has 1 heterocycles. The highest BCUT2D eigenvalue weighted by Gasteiger charge is 2.21. The minimum Gasteiger partial charge on any atom is -0.459 e. The van der Waals surface area contributed by atoms with Crippen molar-refractivity contribution in [2.45, 2.75) is 25.6 Å². The molecule has 0 spiro atoms. The molecule has 0 N–H and O–H groups in total. The van der Waals surface area contributed by atoms with Gasteiger partial charge in [0.25, 0.3) is 0 Å². The Hall–Kier alpha value is -3.52. The topological polar surface area (TPSA) is 87.8 Å². The molecule has 1 atom stereocenters. The SMILES string of the molecule is COOC=N[C@@H](Cc1cn(Cc2ccccc2)nn1)C(=O)OCc1ccccc1. The van der Waals surface area contributed by atoms with Gasteiger partial charge in [-0.15, -0.1) is 5.10 Å². The molecule has 3 rings (SSSR count). The van der Waals surface area contributed by atoms with Crippen molar-refractivity contribution in [3.8, 4) is 0 Å². The van der Waals surface area contributed by atoms with E-state index >= 15 is 0 Å². The maximum Gasteiger partial charge on any atom is 0.331 e. The van der Waals surface area contributed by atoms with Crippen LogP contribution < -0.4 is 0 Å². The van der Waals surface area contributed by atoms with Crippen molar-refractivity contribution in [2.75, 3.05) is 7.11 Å². The molecule has 0 radical (unpaired) electrons. The first-order chi connectivity index (χ1) is 14.2. The Bertz CT molecular complexity index is 913. The Morgan fingerprint density at radius 1 is 1.10 bits per heavy atom. The highest BCUT2D eigenvalue weighted by molar-refractivity contribution is 5.77. The lowest BCUT2D eigenvalue weighted by molar-refractivity contribution is -0.188. The fourth-order valence-corrected chi connectivity index (χ4v) is 2.64. The van der Waals surface area contributed by atoms with Crippen LogP contribution in [0.3, 0.4) is 0 Å². The van der Waals surface area contributed by atoms with Crippen molar-refractivity contribution in [1.82, 2.24) is 15.0 Å². The largest absolute Gasteiger partial charge is 0.459 e. The number of carbonyl (C=O) groups excluding carboxylic acids is 1. The van der Waals surface area contributed by atoms with Gasteiger partial charge in [0.15, 0.2) is 6.04 Å². The van der Waals surface area contributed by atoms with E-state index in [9.17, 15) is 4.79 Å². The second kappa shape index (κ2) is 10.7. The van der Waals surface area contributed by atoms with Crippen molar-refractivity contribution in [3.05, 3.63) is 83.7 Å². The third-order valence-electron chi connectivity index (χ3n) is 4.05. The van der Waals surface area contributed by atoms with Crippen LogP contribution in [0.5, 0.6) is 0 Å². The van der Waals surface area contributed by atoms with Crippen LogP contribution in [0.1, 0.15) is 16.8 Å². The second-order valence-corrected chi connectivity index (χ2v) is 6.22. The van der Waals surface area contributed by atoms with Crippen molar-refractivity contribution >= 4 is 12.4 Å². The molecule has 0 saturated carbocycles. The molecule has 29 heavy (non-hydrogen) atoms. The summed E-state index contributed by atoms with van der Waals surface area (Å²) >= 11 is 0. The van der Waals surface area contributed by atoms with Crippen molar-refractivity contribution in [2.24, 2.45) is 4.99 Å². The zero-order chi connectivity index (χ0) is 20.3. The third kappa shape index (κ3) is 6.54. The summed E-state index contributed by atoms with van der Waals surface area (Å²) in [5, 5.41) is 8.26. The molecule has 1 aromatic heterocycles. The molecule has 150 valence electrons. The van der Waals surface area contributed by atoms with Gasteiger partial charge in [-0.05, 0) is 11.1 Å². The van der Waals surface area contributed by atoms with Gasteiger partial charge in [-0.3, -0.25) is 0 Å². The normalized spacial score (nSPS) is 12.0. The predicted molar refractivity (Wildman–Crippen MR) is 106 cm³/mol. The number of benzene rings is 2. The molecule has 0 aliphatic carbocycles. The van der Waals surface area contributed by atoms with Crippen LogP contribution in [0.25, 0.3) is 0 Å². The Morgan fingerprint density at radius 2 is 1.79 bits per heavy atom. The zero-order valence-corrected chi connectivity index (χ0v) is 16.0. The van der Waals surface area contributed by atoms with Gasteiger partial charge >= 0.3 is 5.97 Å². The Labute approximate surface area is 168 Å². The smallest absolute Gasteiger partial charge is 0.331 e. The molecule has 8 heteroatoms. The molecule has 0 unspecified atom stereocenters. The van der Waals surface area contributed by atoms with Gasteiger partial charge in [0.1, 0.15) is 6.61 Å². The van der Waals surface area contributed by atoms with Gasteiger partial charge in [-0.2, -0.15) is 4.89 Å². The van der Waals surface area contributed by atoms with E-state index < -0.39 is 12.0 Å². The van der Waals surface area contributed by atoms with Crippen LogP contribution in [0.15, 0.2) is 71.9 Å².